The number of rotatable bonds is 6. The molecule has 2 heterocycles. The minimum absolute atomic E-state index is 0.0649. The van der Waals surface area contributed by atoms with Crippen LogP contribution >= 0.6 is 0 Å². The zero-order valence-electron chi connectivity index (χ0n) is 15.9. The van der Waals surface area contributed by atoms with Gasteiger partial charge in [-0.3, -0.25) is 4.57 Å². The lowest BCUT2D eigenvalue weighted by molar-refractivity contribution is 0.140. The molecule has 4 rings (SSSR count). The van der Waals surface area contributed by atoms with Gasteiger partial charge in [-0.25, -0.2) is 0 Å². The molecule has 2 atom stereocenters. The molecule has 0 radical (unpaired) electrons. The van der Waals surface area contributed by atoms with Crippen molar-refractivity contribution in [2.75, 3.05) is 4.90 Å². The maximum absolute atomic E-state index is 10.4. The van der Waals surface area contributed by atoms with Crippen molar-refractivity contribution in [2.45, 2.75) is 51.9 Å². The van der Waals surface area contributed by atoms with Gasteiger partial charge in [-0.1, -0.05) is 68.4 Å². The number of hydrogen-bond donors (Lipinski definition) is 1. The number of nitrogens with zero attached hydrogens (tertiary/aromatic N) is 4. The van der Waals surface area contributed by atoms with Crippen molar-refractivity contribution >= 4 is 5.95 Å². The zero-order valence-corrected chi connectivity index (χ0v) is 15.9. The fraction of sp³-hybridized carbons (Fsp3) is 0.364. The molecule has 27 heavy (non-hydrogen) atoms. The van der Waals surface area contributed by atoms with Gasteiger partial charge in [0.2, 0.25) is 5.95 Å². The summed E-state index contributed by atoms with van der Waals surface area (Å²) in [5.74, 6) is 1.66. The Kier molecular flexibility index (Phi) is 4.94. The first-order valence-corrected chi connectivity index (χ1v) is 9.64. The van der Waals surface area contributed by atoms with Gasteiger partial charge in [0, 0.05) is 19.0 Å². The van der Waals surface area contributed by atoms with E-state index in [0.717, 1.165) is 24.9 Å². The molecule has 1 N–H and O–H groups in total. The summed E-state index contributed by atoms with van der Waals surface area (Å²) in [5.41, 5.74) is 3.89. The van der Waals surface area contributed by atoms with E-state index in [-0.39, 0.29) is 5.92 Å². The predicted molar refractivity (Wildman–Crippen MR) is 107 cm³/mol. The summed E-state index contributed by atoms with van der Waals surface area (Å²) in [6.07, 6.45) is 0.275. The van der Waals surface area contributed by atoms with Crippen molar-refractivity contribution in [1.29, 1.82) is 0 Å². The van der Waals surface area contributed by atoms with Crippen LogP contribution < -0.4 is 4.90 Å². The summed E-state index contributed by atoms with van der Waals surface area (Å²) in [6, 6.07) is 18.9. The van der Waals surface area contributed by atoms with Crippen LogP contribution in [0.4, 0.5) is 5.95 Å². The van der Waals surface area contributed by atoms with Gasteiger partial charge in [-0.15, -0.1) is 10.2 Å². The Labute approximate surface area is 160 Å². The van der Waals surface area contributed by atoms with Crippen molar-refractivity contribution in [3.63, 3.8) is 0 Å². The Morgan fingerprint density at radius 2 is 1.59 bits per heavy atom. The molecule has 2 aromatic carbocycles. The number of anilines is 1. The van der Waals surface area contributed by atoms with Crippen molar-refractivity contribution in [1.82, 2.24) is 14.8 Å². The van der Waals surface area contributed by atoms with Gasteiger partial charge in [0.25, 0.3) is 0 Å². The van der Waals surface area contributed by atoms with E-state index >= 15 is 0 Å². The van der Waals surface area contributed by atoms with E-state index in [1.807, 2.05) is 19.9 Å². The Morgan fingerprint density at radius 1 is 0.963 bits per heavy atom. The Hall–Kier alpha value is -2.66. The van der Waals surface area contributed by atoms with Crippen LogP contribution in [0.3, 0.4) is 0 Å². The van der Waals surface area contributed by atoms with Gasteiger partial charge in [0.15, 0.2) is 0 Å². The fourth-order valence-electron chi connectivity index (χ4n) is 3.80. The minimum Gasteiger partial charge on any atom is -0.392 e. The van der Waals surface area contributed by atoms with Gasteiger partial charge in [-0.2, -0.15) is 0 Å². The number of benzene rings is 2. The fourth-order valence-corrected chi connectivity index (χ4v) is 3.80. The maximum atomic E-state index is 10.4. The molecule has 0 amide bonds. The smallest absolute Gasteiger partial charge is 0.228 e. The molecule has 1 aliphatic heterocycles. The molecule has 5 nitrogen and oxygen atoms in total. The predicted octanol–water partition coefficient (Wildman–Crippen LogP) is 3.72. The molecule has 0 saturated carbocycles. The van der Waals surface area contributed by atoms with Crippen molar-refractivity contribution < 1.29 is 5.11 Å². The molecular weight excluding hydrogens is 336 g/mol. The van der Waals surface area contributed by atoms with E-state index in [0.29, 0.717) is 13.0 Å². The molecular formula is C22H26N4O. The monoisotopic (exact) mass is 362 g/mol. The van der Waals surface area contributed by atoms with E-state index in [1.54, 1.807) is 0 Å². The molecule has 0 bridgehead atoms. The van der Waals surface area contributed by atoms with Crippen LogP contribution in [0.25, 0.3) is 0 Å². The van der Waals surface area contributed by atoms with Crippen LogP contribution in [0, 0.1) is 0 Å². The van der Waals surface area contributed by atoms with Crippen molar-refractivity contribution in [2.24, 2.45) is 0 Å². The molecule has 0 fully saturated rings. The first-order chi connectivity index (χ1) is 13.2. The van der Waals surface area contributed by atoms with Crippen LogP contribution in [0.2, 0.25) is 0 Å². The third-order valence-electron chi connectivity index (χ3n) is 5.47. The summed E-state index contributed by atoms with van der Waals surface area (Å²) in [7, 11) is 0. The largest absolute Gasteiger partial charge is 0.392 e. The summed E-state index contributed by atoms with van der Waals surface area (Å²) in [4.78, 5) is 2.27. The van der Waals surface area contributed by atoms with Crippen LogP contribution in [0.5, 0.6) is 0 Å². The SMILES string of the molecule is CCC(O)C(C)c1nnc(N2Cc3ccccc3C2)n1Cc1ccccc1. The number of aliphatic hydroxyl groups excluding tert-OH is 1. The van der Waals surface area contributed by atoms with Crippen molar-refractivity contribution in [3.8, 4) is 0 Å². The molecule has 3 aromatic rings. The summed E-state index contributed by atoms with van der Waals surface area (Å²) < 4.78 is 2.17. The quantitative estimate of drug-likeness (QED) is 0.726. The highest BCUT2D eigenvalue weighted by atomic mass is 16.3. The Bertz CT molecular complexity index is 881. The summed E-state index contributed by atoms with van der Waals surface area (Å²) in [5, 5.41) is 19.4. The lowest BCUT2D eigenvalue weighted by Gasteiger charge is -2.22. The minimum atomic E-state index is -0.424. The normalized spacial score (nSPS) is 15.6. The number of aliphatic hydroxyl groups is 1. The first kappa shape index (κ1) is 17.7. The van der Waals surface area contributed by atoms with E-state index in [2.05, 4.69) is 68.2 Å². The van der Waals surface area contributed by atoms with Gasteiger partial charge < -0.3 is 10.0 Å². The molecule has 5 heteroatoms. The summed E-state index contributed by atoms with van der Waals surface area (Å²) in [6.45, 7) is 6.41. The molecule has 0 spiro atoms. The van der Waals surface area contributed by atoms with Crippen LogP contribution in [0.15, 0.2) is 54.6 Å². The highest BCUT2D eigenvalue weighted by Crippen LogP contribution is 2.30. The second-order valence-corrected chi connectivity index (χ2v) is 7.32. The highest BCUT2D eigenvalue weighted by molar-refractivity contribution is 5.44. The maximum Gasteiger partial charge on any atom is 0.228 e. The highest BCUT2D eigenvalue weighted by Gasteiger charge is 2.28. The average molecular weight is 362 g/mol. The molecule has 1 aromatic heterocycles. The van der Waals surface area contributed by atoms with E-state index in [1.165, 1.54) is 16.7 Å². The zero-order chi connectivity index (χ0) is 18.8. The Morgan fingerprint density at radius 3 is 2.22 bits per heavy atom. The number of aromatic nitrogens is 3. The lowest BCUT2D eigenvalue weighted by atomic mass is 10.0. The van der Waals surface area contributed by atoms with Gasteiger partial charge in [-0.05, 0) is 23.1 Å². The standard InChI is InChI=1S/C22H26N4O/c1-3-20(27)16(2)21-23-24-22(26(21)13-17-9-5-4-6-10-17)25-14-18-11-7-8-12-19(18)15-25/h4-12,16,20,27H,3,13-15H2,1-2H3. The third kappa shape index (κ3) is 3.47. The topological polar surface area (TPSA) is 54.2 Å². The number of hydrogen-bond acceptors (Lipinski definition) is 4. The lowest BCUT2D eigenvalue weighted by Crippen LogP contribution is -2.23. The third-order valence-corrected chi connectivity index (χ3v) is 5.47. The van der Waals surface area contributed by atoms with E-state index in [9.17, 15) is 5.11 Å². The second kappa shape index (κ2) is 7.53. The van der Waals surface area contributed by atoms with Crippen molar-refractivity contribution in [3.05, 3.63) is 77.1 Å². The molecule has 2 unspecified atom stereocenters. The van der Waals surface area contributed by atoms with Crippen LogP contribution in [0.1, 0.15) is 48.7 Å². The first-order valence-electron chi connectivity index (χ1n) is 9.64. The molecule has 140 valence electrons. The number of fused-ring (bicyclic) bond motifs is 1. The van der Waals surface area contributed by atoms with Gasteiger partial charge in [0.05, 0.1) is 12.6 Å². The second-order valence-electron chi connectivity index (χ2n) is 7.32. The Balaban J connectivity index is 1.70. The molecule has 1 aliphatic rings. The van der Waals surface area contributed by atoms with Crippen LogP contribution in [-0.4, -0.2) is 26.0 Å². The van der Waals surface area contributed by atoms with Gasteiger partial charge >= 0.3 is 0 Å². The average Bonchev–Trinajstić information content (AvgIpc) is 3.31. The van der Waals surface area contributed by atoms with E-state index in [4.69, 9.17) is 0 Å². The molecule has 0 saturated heterocycles. The summed E-state index contributed by atoms with van der Waals surface area (Å²) >= 11 is 0. The van der Waals surface area contributed by atoms with E-state index < -0.39 is 6.10 Å². The van der Waals surface area contributed by atoms with Crippen LogP contribution in [-0.2, 0) is 19.6 Å². The molecule has 0 aliphatic carbocycles. The van der Waals surface area contributed by atoms with Gasteiger partial charge in [0.1, 0.15) is 5.82 Å².